The highest BCUT2D eigenvalue weighted by Crippen LogP contribution is 2.26. The average molecular weight is 566 g/mol. The highest BCUT2D eigenvalue weighted by molar-refractivity contribution is 7.90. The van der Waals surface area contributed by atoms with Gasteiger partial charge < -0.3 is 10.6 Å². The number of amides is 2. The summed E-state index contributed by atoms with van der Waals surface area (Å²) in [7, 11) is -4.20. The summed E-state index contributed by atoms with van der Waals surface area (Å²) in [4.78, 5) is 25.6. The Labute approximate surface area is 241 Å². The van der Waals surface area contributed by atoms with Crippen molar-refractivity contribution in [3.05, 3.63) is 120 Å². The summed E-state index contributed by atoms with van der Waals surface area (Å²) < 4.78 is 28.2. The van der Waals surface area contributed by atoms with Crippen LogP contribution in [0.25, 0.3) is 0 Å². The molecule has 0 aromatic heterocycles. The maximum atomic E-state index is 13.5. The Balaban J connectivity index is 1.62. The van der Waals surface area contributed by atoms with E-state index in [9.17, 15) is 18.0 Å². The van der Waals surface area contributed by atoms with Gasteiger partial charge in [-0.05, 0) is 61.0 Å². The van der Waals surface area contributed by atoms with E-state index in [4.69, 9.17) is 0 Å². The van der Waals surface area contributed by atoms with Gasteiger partial charge in [-0.1, -0.05) is 80.1 Å². The van der Waals surface area contributed by atoms with Gasteiger partial charge in [0.25, 0.3) is 15.9 Å². The number of unbranched alkanes of at least 4 members (excludes halogenated alkanes) is 2. The maximum Gasteiger partial charge on any atom is 0.266 e. The lowest BCUT2D eigenvalue weighted by molar-refractivity contribution is -0.119. The van der Waals surface area contributed by atoms with Gasteiger partial charge in [0.1, 0.15) is 4.90 Å². The molecule has 208 valence electrons. The fourth-order valence-electron chi connectivity index (χ4n) is 4.05. The Kier molecular flexibility index (Phi) is 9.92. The van der Waals surface area contributed by atoms with Crippen LogP contribution in [0.2, 0.25) is 0 Å². The molecule has 0 atom stereocenters. The van der Waals surface area contributed by atoms with E-state index in [2.05, 4.69) is 27.2 Å². The van der Waals surface area contributed by atoms with Gasteiger partial charge in [-0.15, -0.1) is 0 Å². The molecule has 4 aromatic carbocycles. The molecule has 8 heteroatoms. The summed E-state index contributed by atoms with van der Waals surface area (Å²) in [5.74, 6) is 5.14. The number of carbonyl (C=O) groups is 2. The molecule has 0 aliphatic carbocycles. The van der Waals surface area contributed by atoms with Gasteiger partial charge >= 0.3 is 0 Å². The molecule has 0 heterocycles. The Morgan fingerprint density at radius 1 is 0.732 bits per heavy atom. The van der Waals surface area contributed by atoms with Gasteiger partial charge in [-0.3, -0.25) is 9.59 Å². The first kappa shape index (κ1) is 29.1. The summed E-state index contributed by atoms with van der Waals surface area (Å²) in [5, 5.41) is 5.99. The molecule has 41 heavy (non-hydrogen) atoms. The first-order valence-electron chi connectivity index (χ1n) is 13.3. The van der Waals surface area contributed by atoms with Gasteiger partial charge in [0, 0.05) is 23.2 Å². The first-order valence-corrected chi connectivity index (χ1v) is 14.8. The number of hydrogen-bond donors (Lipinski definition) is 3. The number of sulfonamides is 1. The second-order valence-electron chi connectivity index (χ2n) is 9.30. The molecular formula is C33H31N3O4S. The highest BCUT2D eigenvalue weighted by atomic mass is 32.2. The third-order valence-corrected chi connectivity index (χ3v) is 7.55. The number of nitrogens with one attached hydrogen (secondary N) is 3. The molecular weight excluding hydrogens is 534 g/mol. The number of hydrogen-bond acceptors (Lipinski definition) is 5. The predicted molar refractivity (Wildman–Crippen MR) is 162 cm³/mol. The highest BCUT2D eigenvalue weighted by Gasteiger charge is 2.23. The fraction of sp³-hybridized carbons (Fsp3) is 0.152. The molecule has 0 fully saturated rings. The Hall–Kier alpha value is -4.87. The van der Waals surface area contributed by atoms with E-state index in [1.165, 1.54) is 18.2 Å². The van der Waals surface area contributed by atoms with Crippen LogP contribution in [-0.4, -0.2) is 20.2 Å². The minimum Gasteiger partial charge on any atom is -0.355 e. The van der Waals surface area contributed by atoms with Crippen LogP contribution in [0.4, 0.5) is 17.1 Å². The molecule has 0 saturated carbocycles. The third-order valence-electron chi connectivity index (χ3n) is 6.12. The van der Waals surface area contributed by atoms with Gasteiger partial charge in [0.15, 0.2) is 0 Å². The first-order chi connectivity index (χ1) is 19.9. The molecule has 0 radical (unpaired) electrons. The Morgan fingerprint density at radius 3 is 2.12 bits per heavy atom. The van der Waals surface area contributed by atoms with Crippen LogP contribution in [0, 0.1) is 11.8 Å². The normalized spacial score (nSPS) is 10.7. The maximum absolute atomic E-state index is 13.5. The zero-order valence-electron chi connectivity index (χ0n) is 22.7. The number of carbonyl (C=O) groups excluding carboxylic acids is 2. The minimum absolute atomic E-state index is 0.0602. The number of rotatable bonds is 10. The molecule has 2 amide bonds. The van der Waals surface area contributed by atoms with Crippen LogP contribution in [0.1, 0.15) is 54.1 Å². The molecule has 0 saturated heterocycles. The molecule has 7 nitrogen and oxygen atoms in total. The summed E-state index contributed by atoms with van der Waals surface area (Å²) in [6.45, 7) is 2.00. The summed E-state index contributed by atoms with van der Waals surface area (Å²) >= 11 is 0. The predicted octanol–water partition coefficient (Wildman–Crippen LogP) is 6.47. The van der Waals surface area contributed by atoms with E-state index in [0.29, 0.717) is 17.7 Å². The van der Waals surface area contributed by atoms with E-state index in [1.807, 2.05) is 67.6 Å². The van der Waals surface area contributed by atoms with Crippen molar-refractivity contribution in [1.82, 2.24) is 4.72 Å². The molecule has 0 aliphatic rings. The summed E-state index contributed by atoms with van der Waals surface area (Å²) in [5.41, 5.74) is 3.17. The van der Waals surface area contributed by atoms with E-state index < -0.39 is 21.8 Å². The van der Waals surface area contributed by atoms with Crippen molar-refractivity contribution in [3.8, 4) is 11.8 Å². The van der Waals surface area contributed by atoms with Gasteiger partial charge in [-0.25, -0.2) is 13.1 Å². The van der Waals surface area contributed by atoms with E-state index in [1.54, 1.807) is 24.3 Å². The van der Waals surface area contributed by atoms with Gasteiger partial charge in [0.05, 0.1) is 16.9 Å². The lowest BCUT2D eigenvalue weighted by atomic mass is 10.1. The van der Waals surface area contributed by atoms with Crippen LogP contribution in [0.5, 0.6) is 0 Å². The van der Waals surface area contributed by atoms with Crippen molar-refractivity contribution in [3.63, 3.8) is 0 Å². The van der Waals surface area contributed by atoms with E-state index in [-0.39, 0.29) is 22.6 Å². The zero-order chi connectivity index (χ0) is 29.1. The van der Waals surface area contributed by atoms with Crippen molar-refractivity contribution in [1.29, 1.82) is 0 Å². The van der Waals surface area contributed by atoms with Crippen molar-refractivity contribution in [2.45, 2.75) is 37.5 Å². The van der Waals surface area contributed by atoms with Crippen LogP contribution < -0.4 is 15.4 Å². The van der Waals surface area contributed by atoms with Crippen molar-refractivity contribution >= 4 is 38.9 Å². The average Bonchev–Trinajstić information content (AvgIpc) is 2.97. The van der Waals surface area contributed by atoms with Crippen molar-refractivity contribution < 1.29 is 18.0 Å². The smallest absolute Gasteiger partial charge is 0.266 e. The Morgan fingerprint density at radius 2 is 1.39 bits per heavy atom. The van der Waals surface area contributed by atoms with Crippen LogP contribution >= 0.6 is 0 Å². The molecule has 0 aliphatic heterocycles. The molecule has 3 N–H and O–H groups in total. The van der Waals surface area contributed by atoms with Crippen LogP contribution in [-0.2, 0) is 14.8 Å². The van der Waals surface area contributed by atoms with Gasteiger partial charge in [-0.2, -0.15) is 0 Å². The van der Waals surface area contributed by atoms with Crippen molar-refractivity contribution in [2.24, 2.45) is 0 Å². The topological polar surface area (TPSA) is 104 Å². The standard InChI is InChI=1S/C33H31N3O4S/c1-2-3-6-19-32(37)36-41(39,40)31-18-12-11-17-29(31)35-33(38)28-23-22-26(21-20-25-13-7-4-8-14-25)24-30(28)34-27-15-9-5-10-16-27/h4-5,7-18,22-24,34H,2-3,6,19H2,1H3,(H,35,38)(H,36,37). The minimum atomic E-state index is -4.20. The van der Waals surface area contributed by atoms with Gasteiger partial charge in [0.2, 0.25) is 5.91 Å². The molecule has 0 bridgehead atoms. The Bertz CT molecular complexity index is 1680. The quantitative estimate of drug-likeness (QED) is 0.151. The summed E-state index contributed by atoms with van der Waals surface area (Å²) in [6, 6.07) is 30.1. The van der Waals surface area contributed by atoms with Crippen molar-refractivity contribution in [2.75, 3.05) is 10.6 Å². The lowest BCUT2D eigenvalue weighted by Gasteiger charge is -2.15. The van der Waals surface area contributed by atoms with Crippen LogP contribution in [0.3, 0.4) is 0 Å². The molecule has 4 aromatic rings. The summed E-state index contributed by atoms with van der Waals surface area (Å²) in [6.07, 6.45) is 2.45. The second-order valence-corrected chi connectivity index (χ2v) is 11.0. The SMILES string of the molecule is CCCCCC(=O)NS(=O)(=O)c1ccccc1NC(=O)c1ccc(C#Cc2ccccc2)cc1Nc1ccccc1. The zero-order valence-corrected chi connectivity index (χ0v) is 23.5. The number of anilines is 3. The van der Waals surface area contributed by atoms with E-state index in [0.717, 1.165) is 24.1 Å². The number of para-hydroxylation sites is 2. The van der Waals surface area contributed by atoms with E-state index >= 15 is 0 Å². The fourth-order valence-corrected chi connectivity index (χ4v) is 5.23. The third kappa shape index (κ3) is 8.31. The monoisotopic (exact) mass is 565 g/mol. The van der Waals surface area contributed by atoms with Crippen LogP contribution in [0.15, 0.2) is 108 Å². The lowest BCUT2D eigenvalue weighted by Crippen LogP contribution is -2.31. The second kappa shape index (κ2) is 14.0. The molecule has 0 spiro atoms. The molecule has 4 rings (SSSR count). The molecule has 0 unspecified atom stereocenters. The number of benzene rings is 4. The largest absolute Gasteiger partial charge is 0.355 e.